The lowest BCUT2D eigenvalue weighted by Gasteiger charge is -2.15. The number of carbonyl (C=O) groups excluding carboxylic acids is 2. The van der Waals surface area contributed by atoms with E-state index in [-0.39, 0.29) is 5.91 Å². The number of rotatable bonds is 3. The van der Waals surface area contributed by atoms with Crippen molar-refractivity contribution in [2.75, 3.05) is 7.11 Å². The average molecular weight is 286 g/mol. The number of esters is 1. The SMILES string of the molecule is COC(=O)[C@H](NC(C)=O)c1ccc(Br)cc1. The summed E-state index contributed by atoms with van der Waals surface area (Å²) in [6, 6.07) is 6.35. The Morgan fingerprint density at radius 3 is 2.31 bits per heavy atom. The molecule has 1 aromatic rings. The van der Waals surface area contributed by atoms with E-state index in [1.807, 2.05) is 0 Å². The van der Waals surface area contributed by atoms with E-state index in [2.05, 4.69) is 26.0 Å². The predicted molar refractivity (Wildman–Crippen MR) is 62.7 cm³/mol. The smallest absolute Gasteiger partial charge is 0.333 e. The van der Waals surface area contributed by atoms with Crippen molar-refractivity contribution in [1.82, 2.24) is 5.32 Å². The van der Waals surface area contributed by atoms with Gasteiger partial charge in [0.25, 0.3) is 0 Å². The predicted octanol–water partition coefficient (Wildman–Crippen LogP) is 1.80. The minimum atomic E-state index is -0.754. The molecular weight excluding hydrogens is 274 g/mol. The van der Waals surface area contributed by atoms with Gasteiger partial charge in [-0.25, -0.2) is 4.79 Å². The number of hydrogen-bond donors (Lipinski definition) is 1. The van der Waals surface area contributed by atoms with E-state index in [1.165, 1.54) is 14.0 Å². The summed E-state index contributed by atoms with van der Waals surface area (Å²) >= 11 is 3.30. The van der Waals surface area contributed by atoms with Gasteiger partial charge in [0.15, 0.2) is 6.04 Å². The van der Waals surface area contributed by atoms with Crippen LogP contribution in [0.3, 0.4) is 0 Å². The van der Waals surface area contributed by atoms with E-state index >= 15 is 0 Å². The van der Waals surface area contributed by atoms with Crippen molar-refractivity contribution in [1.29, 1.82) is 0 Å². The Labute approximate surface area is 102 Å². The molecular formula is C11H12BrNO3. The van der Waals surface area contributed by atoms with Crippen molar-refractivity contribution in [3.8, 4) is 0 Å². The molecule has 1 N–H and O–H groups in total. The van der Waals surface area contributed by atoms with E-state index in [1.54, 1.807) is 24.3 Å². The Morgan fingerprint density at radius 2 is 1.88 bits per heavy atom. The molecule has 0 heterocycles. The summed E-state index contributed by atoms with van der Waals surface area (Å²) in [5, 5.41) is 2.54. The molecule has 16 heavy (non-hydrogen) atoms. The lowest BCUT2D eigenvalue weighted by atomic mass is 10.1. The van der Waals surface area contributed by atoms with E-state index in [4.69, 9.17) is 0 Å². The number of hydrogen-bond acceptors (Lipinski definition) is 3. The maximum atomic E-state index is 11.5. The highest BCUT2D eigenvalue weighted by molar-refractivity contribution is 9.10. The van der Waals surface area contributed by atoms with Gasteiger partial charge in [-0.3, -0.25) is 4.79 Å². The third kappa shape index (κ3) is 3.34. The van der Waals surface area contributed by atoms with Gasteiger partial charge in [-0.05, 0) is 17.7 Å². The van der Waals surface area contributed by atoms with E-state index < -0.39 is 12.0 Å². The molecule has 0 aliphatic heterocycles. The highest BCUT2D eigenvalue weighted by Crippen LogP contribution is 2.18. The quantitative estimate of drug-likeness (QED) is 0.862. The average Bonchev–Trinajstić information content (AvgIpc) is 2.26. The summed E-state index contributed by atoms with van der Waals surface area (Å²) in [5.41, 5.74) is 0.685. The molecule has 0 bridgehead atoms. The topological polar surface area (TPSA) is 55.4 Å². The van der Waals surface area contributed by atoms with Crippen molar-refractivity contribution in [3.63, 3.8) is 0 Å². The Hall–Kier alpha value is -1.36. The first kappa shape index (κ1) is 12.7. The molecule has 5 heteroatoms. The van der Waals surface area contributed by atoms with Crippen LogP contribution in [-0.2, 0) is 14.3 Å². The van der Waals surface area contributed by atoms with Crippen molar-refractivity contribution in [2.24, 2.45) is 0 Å². The number of halogens is 1. The second kappa shape index (κ2) is 5.65. The molecule has 0 spiro atoms. The van der Waals surface area contributed by atoms with Crippen molar-refractivity contribution in [3.05, 3.63) is 34.3 Å². The van der Waals surface area contributed by atoms with Crippen molar-refractivity contribution >= 4 is 27.8 Å². The first-order valence-electron chi connectivity index (χ1n) is 4.65. The third-order valence-electron chi connectivity index (χ3n) is 1.99. The molecule has 0 aromatic heterocycles. The van der Waals surface area contributed by atoms with Crippen LogP contribution in [0.5, 0.6) is 0 Å². The van der Waals surface area contributed by atoms with Crippen LogP contribution >= 0.6 is 15.9 Å². The van der Waals surface area contributed by atoms with Crippen LogP contribution in [0.1, 0.15) is 18.5 Å². The zero-order valence-corrected chi connectivity index (χ0v) is 10.6. The van der Waals surface area contributed by atoms with Crippen LogP contribution < -0.4 is 5.32 Å². The van der Waals surface area contributed by atoms with Gasteiger partial charge < -0.3 is 10.1 Å². The lowest BCUT2D eigenvalue weighted by Crippen LogP contribution is -2.32. The number of methoxy groups -OCH3 is 1. The van der Waals surface area contributed by atoms with Gasteiger partial charge in [-0.15, -0.1) is 0 Å². The highest BCUT2D eigenvalue weighted by Gasteiger charge is 2.21. The Kier molecular flexibility index (Phi) is 4.49. The molecule has 1 amide bonds. The standard InChI is InChI=1S/C11H12BrNO3/c1-7(14)13-10(11(15)16-2)8-3-5-9(12)6-4-8/h3-6,10H,1-2H3,(H,13,14)/t10-/m1/s1. The van der Waals surface area contributed by atoms with Gasteiger partial charge in [0.1, 0.15) is 0 Å². The van der Waals surface area contributed by atoms with Gasteiger partial charge in [-0.1, -0.05) is 28.1 Å². The zero-order chi connectivity index (χ0) is 12.1. The summed E-state index contributed by atoms with van der Waals surface area (Å²) in [4.78, 5) is 22.5. The van der Waals surface area contributed by atoms with Crippen molar-refractivity contribution in [2.45, 2.75) is 13.0 Å². The molecule has 1 aromatic carbocycles. The molecule has 0 radical (unpaired) electrons. The maximum absolute atomic E-state index is 11.5. The molecule has 86 valence electrons. The summed E-state index contributed by atoms with van der Waals surface area (Å²) in [5.74, 6) is -0.768. The molecule has 1 atom stereocenters. The van der Waals surface area contributed by atoms with Gasteiger partial charge >= 0.3 is 5.97 Å². The van der Waals surface area contributed by atoms with Crippen LogP contribution in [0, 0.1) is 0 Å². The summed E-state index contributed by atoms with van der Waals surface area (Å²) < 4.78 is 5.54. The molecule has 0 fully saturated rings. The first-order valence-corrected chi connectivity index (χ1v) is 5.44. The normalized spacial score (nSPS) is 11.7. The molecule has 4 nitrogen and oxygen atoms in total. The molecule has 1 rings (SSSR count). The first-order chi connectivity index (χ1) is 7.54. The van der Waals surface area contributed by atoms with Gasteiger partial charge in [0, 0.05) is 11.4 Å². The lowest BCUT2D eigenvalue weighted by molar-refractivity contribution is -0.145. The maximum Gasteiger partial charge on any atom is 0.333 e. The number of carbonyl (C=O) groups is 2. The zero-order valence-electron chi connectivity index (χ0n) is 8.99. The molecule has 0 aliphatic rings. The Balaban J connectivity index is 2.96. The molecule has 0 saturated heterocycles. The second-order valence-electron chi connectivity index (χ2n) is 3.21. The van der Waals surface area contributed by atoms with Crippen LogP contribution in [0.4, 0.5) is 0 Å². The number of nitrogens with one attached hydrogen (secondary N) is 1. The highest BCUT2D eigenvalue weighted by atomic mass is 79.9. The van der Waals surface area contributed by atoms with Crippen LogP contribution in [0.15, 0.2) is 28.7 Å². The minimum absolute atomic E-state index is 0.279. The number of amides is 1. The van der Waals surface area contributed by atoms with Crippen LogP contribution in [0.2, 0.25) is 0 Å². The van der Waals surface area contributed by atoms with Crippen molar-refractivity contribution < 1.29 is 14.3 Å². The molecule has 0 aliphatic carbocycles. The van der Waals surface area contributed by atoms with E-state index in [0.29, 0.717) is 5.56 Å². The summed E-state index contributed by atoms with van der Waals surface area (Å²) in [6.45, 7) is 1.36. The summed E-state index contributed by atoms with van der Waals surface area (Å²) in [6.07, 6.45) is 0. The molecule has 0 saturated carbocycles. The van der Waals surface area contributed by atoms with E-state index in [9.17, 15) is 9.59 Å². The second-order valence-corrected chi connectivity index (χ2v) is 4.12. The molecule has 0 unspecified atom stereocenters. The van der Waals surface area contributed by atoms with Gasteiger partial charge in [0.2, 0.25) is 5.91 Å². The minimum Gasteiger partial charge on any atom is -0.467 e. The monoisotopic (exact) mass is 285 g/mol. The fraction of sp³-hybridized carbons (Fsp3) is 0.273. The number of benzene rings is 1. The van der Waals surface area contributed by atoms with E-state index in [0.717, 1.165) is 4.47 Å². The fourth-order valence-electron chi connectivity index (χ4n) is 1.25. The van der Waals surface area contributed by atoms with Crippen LogP contribution in [-0.4, -0.2) is 19.0 Å². The van der Waals surface area contributed by atoms with Gasteiger partial charge in [-0.2, -0.15) is 0 Å². The Bertz CT molecular complexity index is 389. The number of ether oxygens (including phenoxy) is 1. The third-order valence-corrected chi connectivity index (χ3v) is 2.52. The fourth-order valence-corrected chi connectivity index (χ4v) is 1.52. The summed E-state index contributed by atoms with van der Waals surface area (Å²) in [7, 11) is 1.29. The van der Waals surface area contributed by atoms with Gasteiger partial charge in [0.05, 0.1) is 7.11 Å². The van der Waals surface area contributed by atoms with Crippen LogP contribution in [0.25, 0.3) is 0 Å². The largest absolute Gasteiger partial charge is 0.467 e. The Morgan fingerprint density at radius 1 is 1.31 bits per heavy atom.